The number of rotatable bonds is 4. The summed E-state index contributed by atoms with van der Waals surface area (Å²) in [5, 5.41) is 4.94. The van der Waals surface area contributed by atoms with Crippen LogP contribution in [0, 0.1) is 0 Å². The van der Waals surface area contributed by atoms with Crippen LogP contribution in [-0.2, 0) is 12.3 Å². The summed E-state index contributed by atoms with van der Waals surface area (Å²) in [7, 11) is 0. The second kappa shape index (κ2) is 4.86. The first-order valence-corrected chi connectivity index (χ1v) is 6.84. The van der Waals surface area contributed by atoms with E-state index in [9.17, 15) is 0 Å². The lowest BCUT2D eigenvalue weighted by atomic mass is 10.3. The number of hydrogen-bond acceptors (Lipinski definition) is 4. The molecule has 2 aromatic heterocycles. The smallest absolute Gasteiger partial charge is 0.169 e. The molecule has 3 rings (SSSR count). The molecule has 0 atom stereocenters. The third-order valence-electron chi connectivity index (χ3n) is 2.78. The van der Waals surface area contributed by atoms with Crippen molar-refractivity contribution in [3.8, 4) is 0 Å². The summed E-state index contributed by atoms with van der Waals surface area (Å²) in [6.07, 6.45) is 1.60. The van der Waals surface area contributed by atoms with E-state index >= 15 is 0 Å². The van der Waals surface area contributed by atoms with Gasteiger partial charge in [-0.2, -0.15) is 0 Å². The highest BCUT2D eigenvalue weighted by atomic mass is 32.2. The highest BCUT2D eigenvalue weighted by molar-refractivity contribution is 7.98. The van der Waals surface area contributed by atoms with Gasteiger partial charge in [-0.25, -0.2) is 4.98 Å². The summed E-state index contributed by atoms with van der Waals surface area (Å²) in [6, 6.07) is 10.1. The SMILES string of the molecule is CCn1c(SCc2ccon2)nc2ccccc21. The Morgan fingerprint density at radius 1 is 1.28 bits per heavy atom. The van der Waals surface area contributed by atoms with Crippen LogP contribution in [0.25, 0.3) is 11.0 Å². The van der Waals surface area contributed by atoms with E-state index in [4.69, 9.17) is 4.52 Å². The summed E-state index contributed by atoms with van der Waals surface area (Å²) in [4.78, 5) is 4.65. The monoisotopic (exact) mass is 259 g/mol. The molecule has 0 unspecified atom stereocenters. The van der Waals surface area contributed by atoms with Crippen molar-refractivity contribution >= 4 is 22.8 Å². The van der Waals surface area contributed by atoms with Crippen molar-refractivity contribution in [1.29, 1.82) is 0 Å². The Labute approximate surface area is 109 Å². The Balaban J connectivity index is 1.91. The molecule has 0 bridgehead atoms. The van der Waals surface area contributed by atoms with Crippen LogP contribution in [0.1, 0.15) is 12.6 Å². The van der Waals surface area contributed by atoms with Gasteiger partial charge in [0, 0.05) is 18.4 Å². The van der Waals surface area contributed by atoms with Gasteiger partial charge in [0.1, 0.15) is 6.26 Å². The average Bonchev–Trinajstić information content (AvgIpc) is 3.03. The van der Waals surface area contributed by atoms with Crippen molar-refractivity contribution < 1.29 is 4.52 Å². The van der Waals surface area contributed by atoms with Crippen LogP contribution in [0.3, 0.4) is 0 Å². The molecule has 0 spiro atoms. The van der Waals surface area contributed by atoms with E-state index in [1.807, 2.05) is 24.3 Å². The standard InChI is InChI=1S/C13H13N3OS/c1-2-16-12-6-4-3-5-11(12)14-13(16)18-9-10-7-8-17-15-10/h3-8H,2,9H2,1H3. The second-order valence-corrected chi connectivity index (χ2v) is 4.85. The van der Waals surface area contributed by atoms with Crippen LogP contribution in [-0.4, -0.2) is 14.7 Å². The van der Waals surface area contributed by atoms with Crippen molar-refractivity contribution in [1.82, 2.24) is 14.7 Å². The van der Waals surface area contributed by atoms with Crippen molar-refractivity contribution in [2.45, 2.75) is 24.4 Å². The van der Waals surface area contributed by atoms with Crippen LogP contribution in [0.4, 0.5) is 0 Å². The maximum Gasteiger partial charge on any atom is 0.169 e. The Hall–Kier alpha value is -1.75. The third-order valence-corrected chi connectivity index (χ3v) is 3.79. The van der Waals surface area contributed by atoms with E-state index in [0.29, 0.717) is 0 Å². The predicted molar refractivity (Wildman–Crippen MR) is 71.5 cm³/mol. The van der Waals surface area contributed by atoms with Crippen LogP contribution < -0.4 is 0 Å². The molecule has 0 radical (unpaired) electrons. The minimum absolute atomic E-state index is 0.778. The summed E-state index contributed by atoms with van der Waals surface area (Å²) < 4.78 is 7.05. The fraction of sp³-hybridized carbons (Fsp3) is 0.231. The zero-order chi connectivity index (χ0) is 12.4. The lowest BCUT2D eigenvalue weighted by Crippen LogP contribution is -1.96. The van der Waals surface area contributed by atoms with Gasteiger partial charge in [-0.3, -0.25) is 0 Å². The number of benzene rings is 1. The molecule has 0 amide bonds. The Bertz CT molecular complexity index is 645. The van der Waals surface area contributed by atoms with E-state index in [-0.39, 0.29) is 0 Å². The molecule has 0 aliphatic heterocycles. The van der Waals surface area contributed by atoms with Gasteiger partial charge in [-0.1, -0.05) is 29.1 Å². The first-order valence-electron chi connectivity index (χ1n) is 5.86. The van der Waals surface area contributed by atoms with Gasteiger partial charge in [0.15, 0.2) is 5.16 Å². The summed E-state index contributed by atoms with van der Waals surface area (Å²) in [5.41, 5.74) is 3.17. The molecular formula is C13H13N3OS. The molecule has 92 valence electrons. The van der Waals surface area contributed by atoms with E-state index in [1.54, 1.807) is 18.0 Å². The molecule has 2 heterocycles. The molecule has 0 N–H and O–H groups in total. The maximum atomic E-state index is 4.83. The first kappa shape index (κ1) is 11.3. The Kier molecular flexibility index (Phi) is 3.06. The van der Waals surface area contributed by atoms with Gasteiger partial charge in [0.2, 0.25) is 0 Å². The number of aromatic nitrogens is 3. The molecular weight excluding hydrogens is 246 g/mol. The quantitative estimate of drug-likeness (QED) is 0.674. The number of nitrogens with zero attached hydrogens (tertiary/aromatic N) is 3. The number of hydrogen-bond donors (Lipinski definition) is 0. The number of imidazole rings is 1. The highest BCUT2D eigenvalue weighted by Crippen LogP contribution is 2.26. The highest BCUT2D eigenvalue weighted by Gasteiger charge is 2.10. The summed E-state index contributed by atoms with van der Waals surface area (Å²) in [6.45, 7) is 3.05. The molecule has 0 saturated heterocycles. The van der Waals surface area contributed by atoms with Gasteiger partial charge in [0.25, 0.3) is 0 Å². The van der Waals surface area contributed by atoms with Crippen molar-refractivity contribution in [2.75, 3.05) is 0 Å². The molecule has 0 fully saturated rings. The number of fused-ring (bicyclic) bond motifs is 1. The zero-order valence-electron chi connectivity index (χ0n) is 10.0. The number of aryl methyl sites for hydroxylation is 1. The Morgan fingerprint density at radius 2 is 2.17 bits per heavy atom. The molecule has 3 aromatic rings. The van der Waals surface area contributed by atoms with Gasteiger partial charge in [0.05, 0.1) is 16.7 Å². The molecule has 18 heavy (non-hydrogen) atoms. The largest absolute Gasteiger partial charge is 0.364 e. The molecule has 0 aliphatic rings. The van der Waals surface area contributed by atoms with E-state index in [0.717, 1.165) is 28.7 Å². The predicted octanol–water partition coefficient (Wildman–Crippen LogP) is 3.34. The van der Waals surface area contributed by atoms with Crippen molar-refractivity contribution in [3.63, 3.8) is 0 Å². The van der Waals surface area contributed by atoms with Crippen LogP contribution in [0.2, 0.25) is 0 Å². The lowest BCUT2D eigenvalue weighted by molar-refractivity contribution is 0.414. The number of thioether (sulfide) groups is 1. The zero-order valence-corrected chi connectivity index (χ0v) is 10.9. The van der Waals surface area contributed by atoms with Gasteiger partial charge >= 0.3 is 0 Å². The number of para-hydroxylation sites is 2. The fourth-order valence-electron chi connectivity index (χ4n) is 1.92. The maximum absolute atomic E-state index is 4.83. The van der Waals surface area contributed by atoms with Crippen LogP contribution >= 0.6 is 11.8 Å². The topological polar surface area (TPSA) is 43.9 Å². The Morgan fingerprint density at radius 3 is 2.94 bits per heavy atom. The van der Waals surface area contributed by atoms with E-state index < -0.39 is 0 Å². The van der Waals surface area contributed by atoms with Crippen molar-refractivity contribution in [2.24, 2.45) is 0 Å². The second-order valence-electron chi connectivity index (χ2n) is 3.91. The average molecular weight is 259 g/mol. The summed E-state index contributed by atoms with van der Waals surface area (Å²) in [5.74, 6) is 0.778. The molecule has 5 heteroatoms. The van der Waals surface area contributed by atoms with Gasteiger partial charge in [-0.05, 0) is 19.1 Å². The van der Waals surface area contributed by atoms with Gasteiger partial charge in [-0.15, -0.1) is 0 Å². The first-order chi connectivity index (χ1) is 8.88. The van der Waals surface area contributed by atoms with Crippen LogP contribution in [0.15, 0.2) is 46.3 Å². The van der Waals surface area contributed by atoms with Crippen molar-refractivity contribution in [3.05, 3.63) is 42.3 Å². The summed E-state index contributed by atoms with van der Waals surface area (Å²) >= 11 is 1.68. The minimum Gasteiger partial charge on any atom is -0.364 e. The van der Waals surface area contributed by atoms with Crippen LogP contribution in [0.5, 0.6) is 0 Å². The lowest BCUT2D eigenvalue weighted by Gasteiger charge is -2.03. The normalized spacial score (nSPS) is 11.2. The minimum atomic E-state index is 0.778. The molecule has 0 aliphatic carbocycles. The molecule has 0 saturated carbocycles. The third kappa shape index (κ3) is 2.01. The van der Waals surface area contributed by atoms with Gasteiger partial charge < -0.3 is 9.09 Å². The fourth-order valence-corrected chi connectivity index (χ4v) is 2.89. The molecule has 1 aromatic carbocycles. The van der Waals surface area contributed by atoms with E-state index in [1.165, 1.54) is 5.52 Å². The van der Waals surface area contributed by atoms with E-state index in [2.05, 4.69) is 27.7 Å². The molecule has 4 nitrogen and oxygen atoms in total.